The third kappa shape index (κ3) is 6.03. The van der Waals surface area contributed by atoms with Crippen LogP contribution in [-0.4, -0.2) is 35.2 Å². The van der Waals surface area contributed by atoms with E-state index >= 15 is 0 Å². The summed E-state index contributed by atoms with van der Waals surface area (Å²) in [6, 6.07) is 18.6. The number of carbonyl (C=O) groups excluding carboxylic acids is 2. The van der Waals surface area contributed by atoms with Gasteiger partial charge in [0, 0.05) is 37.0 Å². The second kappa shape index (κ2) is 10.0. The molecule has 3 amide bonds. The van der Waals surface area contributed by atoms with Crippen LogP contribution in [0.3, 0.4) is 0 Å². The number of aromatic nitrogens is 2. The third-order valence-corrected chi connectivity index (χ3v) is 4.25. The van der Waals surface area contributed by atoms with Crippen molar-refractivity contribution in [2.45, 2.75) is 13.8 Å². The summed E-state index contributed by atoms with van der Waals surface area (Å²) in [5, 5.41) is 19.8. The van der Waals surface area contributed by atoms with E-state index in [1.165, 1.54) is 6.92 Å². The standard InChI is InChI=1S/C22H24N6O2/c1-15-14-18(8-9-19(15)25-16(2)29)26-22(30)24-13-12-23-21-11-10-20(27-28-21)17-6-4-3-5-7-17/h3-11,14H,12-13H2,1-2H3,(H,23,28)(H,25,29)(H2,24,26,30). The highest BCUT2D eigenvalue weighted by atomic mass is 16.2. The van der Waals surface area contributed by atoms with Gasteiger partial charge in [-0.3, -0.25) is 4.79 Å². The minimum absolute atomic E-state index is 0.136. The van der Waals surface area contributed by atoms with E-state index in [1.807, 2.05) is 49.4 Å². The monoisotopic (exact) mass is 404 g/mol. The van der Waals surface area contributed by atoms with Crippen molar-refractivity contribution in [1.82, 2.24) is 15.5 Å². The van der Waals surface area contributed by atoms with Crippen LogP contribution >= 0.6 is 0 Å². The van der Waals surface area contributed by atoms with Crippen LogP contribution in [-0.2, 0) is 4.79 Å². The number of nitrogens with one attached hydrogen (secondary N) is 4. The number of carbonyl (C=O) groups is 2. The molecule has 2 aromatic carbocycles. The van der Waals surface area contributed by atoms with Gasteiger partial charge in [0.1, 0.15) is 5.82 Å². The van der Waals surface area contributed by atoms with Crippen LogP contribution in [0.1, 0.15) is 12.5 Å². The van der Waals surface area contributed by atoms with E-state index < -0.39 is 0 Å². The predicted molar refractivity (Wildman–Crippen MR) is 118 cm³/mol. The zero-order chi connectivity index (χ0) is 21.3. The molecule has 4 N–H and O–H groups in total. The minimum Gasteiger partial charge on any atom is -0.367 e. The van der Waals surface area contributed by atoms with Gasteiger partial charge < -0.3 is 21.3 Å². The lowest BCUT2D eigenvalue weighted by atomic mass is 10.1. The van der Waals surface area contributed by atoms with Gasteiger partial charge in [0.2, 0.25) is 5.91 Å². The molecule has 0 spiro atoms. The molecule has 8 heteroatoms. The molecule has 1 heterocycles. The molecule has 154 valence electrons. The first kappa shape index (κ1) is 20.8. The fraction of sp³-hybridized carbons (Fsp3) is 0.182. The van der Waals surface area contributed by atoms with Gasteiger partial charge in [0.05, 0.1) is 5.69 Å². The summed E-state index contributed by atoms with van der Waals surface area (Å²) in [6.07, 6.45) is 0. The normalized spacial score (nSPS) is 10.2. The predicted octanol–water partition coefficient (Wildman–Crippen LogP) is 3.64. The maximum Gasteiger partial charge on any atom is 0.319 e. The number of nitrogens with zero attached hydrogens (tertiary/aromatic N) is 2. The number of anilines is 3. The molecule has 30 heavy (non-hydrogen) atoms. The van der Waals surface area contributed by atoms with Crippen LogP contribution in [0.4, 0.5) is 22.0 Å². The van der Waals surface area contributed by atoms with Crippen LogP contribution in [0.2, 0.25) is 0 Å². The Morgan fingerprint density at radius 2 is 1.70 bits per heavy atom. The Labute approximate surface area is 175 Å². The fourth-order valence-corrected chi connectivity index (χ4v) is 2.80. The summed E-state index contributed by atoms with van der Waals surface area (Å²) in [7, 11) is 0. The Morgan fingerprint density at radius 1 is 0.900 bits per heavy atom. The second-order valence-corrected chi connectivity index (χ2v) is 6.69. The van der Waals surface area contributed by atoms with Gasteiger partial charge in [-0.25, -0.2) is 4.79 Å². The van der Waals surface area contributed by atoms with Crippen LogP contribution < -0.4 is 21.3 Å². The lowest BCUT2D eigenvalue weighted by Gasteiger charge is -2.11. The Bertz CT molecular complexity index is 1010. The maximum atomic E-state index is 12.1. The van der Waals surface area contributed by atoms with Crippen molar-refractivity contribution in [2.75, 3.05) is 29.0 Å². The number of urea groups is 1. The number of amides is 3. The van der Waals surface area contributed by atoms with Crippen molar-refractivity contribution >= 4 is 29.1 Å². The molecule has 1 aromatic heterocycles. The van der Waals surface area contributed by atoms with Crippen LogP contribution in [0.15, 0.2) is 60.7 Å². The molecule has 0 saturated heterocycles. The molecule has 0 fully saturated rings. The zero-order valence-electron chi connectivity index (χ0n) is 16.9. The summed E-state index contributed by atoms with van der Waals surface area (Å²) in [5.74, 6) is 0.504. The number of hydrogen-bond donors (Lipinski definition) is 4. The molecule has 0 aliphatic rings. The van der Waals surface area contributed by atoms with E-state index in [4.69, 9.17) is 0 Å². The van der Waals surface area contributed by atoms with Gasteiger partial charge >= 0.3 is 6.03 Å². The molecular formula is C22H24N6O2. The van der Waals surface area contributed by atoms with E-state index in [-0.39, 0.29) is 11.9 Å². The molecule has 0 unspecified atom stereocenters. The molecule has 8 nitrogen and oxygen atoms in total. The smallest absolute Gasteiger partial charge is 0.319 e. The summed E-state index contributed by atoms with van der Waals surface area (Å²) < 4.78 is 0. The third-order valence-electron chi connectivity index (χ3n) is 4.25. The first-order valence-corrected chi connectivity index (χ1v) is 9.57. The van der Waals surface area contributed by atoms with Gasteiger partial charge in [0.15, 0.2) is 0 Å². The van der Waals surface area contributed by atoms with Crippen molar-refractivity contribution in [3.05, 3.63) is 66.2 Å². The van der Waals surface area contributed by atoms with Crippen LogP contribution in [0.5, 0.6) is 0 Å². The lowest BCUT2D eigenvalue weighted by molar-refractivity contribution is -0.114. The van der Waals surface area contributed by atoms with Gasteiger partial charge in [0.25, 0.3) is 0 Å². The maximum absolute atomic E-state index is 12.1. The molecule has 3 aromatic rings. The number of hydrogen-bond acceptors (Lipinski definition) is 5. The average molecular weight is 404 g/mol. The number of aryl methyl sites for hydroxylation is 1. The molecule has 3 rings (SSSR count). The summed E-state index contributed by atoms with van der Waals surface area (Å²) >= 11 is 0. The zero-order valence-corrected chi connectivity index (χ0v) is 16.9. The Balaban J connectivity index is 1.41. The van der Waals surface area contributed by atoms with Crippen molar-refractivity contribution in [1.29, 1.82) is 0 Å². The van der Waals surface area contributed by atoms with Gasteiger partial charge in [-0.2, -0.15) is 0 Å². The summed E-state index contributed by atoms with van der Waals surface area (Å²) in [6.45, 7) is 4.24. The first-order valence-electron chi connectivity index (χ1n) is 9.57. The average Bonchev–Trinajstić information content (AvgIpc) is 2.74. The van der Waals surface area contributed by atoms with E-state index in [1.54, 1.807) is 18.2 Å². The molecule has 0 aliphatic heterocycles. The van der Waals surface area contributed by atoms with Crippen molar-refractivity contribution in [2.24, 2.45) is 0 Å². The molecule has 0 atom stereocenters. The van der Waals surface area contributed by atoms with Gasteiger partial charge in [-0.05, 0) is 42.8 Å². The van der Waals surface area contributed by atoms with Crippen LogP contribution in [0, 0.1) is 6.92 Å². The fourth-order valence-electron chi connectivity index (χ4n) is 2.80. The topological polar surface area (TPSA) is 108 Å². The highest BCUT2D eigenvalue weighted by Gasteiger charge is 2.05. The molecule has 0 bridgehead atoms. The highest BCUT2D eigenvalue weighted by molar-refractivity contribution is 5.92. The van der Waals surface area contributed by atoms with Gasteiger partial charge in [-0.15, -0.1) is 10.2 Å². The quantitative estimate of drug-likeness (QED) is 0.450. The SMILES string of the molecule is CC(=O)Nc1ccc(NC(=O)NCCNc2ccc(-c3ccccc3)nn2)cc1C. The Hall–Kier alpha value is -3.94. The first-order chi connectivity index (χ1) is 14.5. The van der Waals surface area contributed by atoms with Gasteiger partial charge in [-0.1, -0.05) is 30.3 Å². The molecule has 0 radical (unpaired) electrons. The number of rotatable bonds is 7. The second-order valence-electron chi connectivity index (χ2n) is 6.69. The number of benzene rings is 2. The van der Waals surface area contributed by atoms with E-state index in [0.29, 0.717) is 24.6 Å². The van der Waals surface area contributed by atoms with E-state index in [0.717, 1.165) is 22.5 Å². The Morgan fingerprint density at radius 3 is 2.37 bits per heavy atom. The van der Waals surface area contributed by atoms with Crippen LogP contribution in [0.25, 0.3) is 11.3 Å². The lowest BCUT2D eigenvalue weighted by Crippen LogP contribution is -2.32. The summed E-state index contributed by atoms with van der Waals surface area (Å²) in [4.78, 5) is 23.2. The van der Waals surface area contributed by atoms with E-state index in [2.05, 4.69) is 31.5 Å². The Kier molecular flexibility index (Phi) is 6.94. The molecule has 0 aliphatic carbocycles. The van der Waals surface area contributed by atoms with Crippen molar-refractivity contribution < 1.29 is 9.59 Å². The molecule has 0 saturated carbocycles. The largest absolute Gasteiger partial charge is 0.367 e. The van der Waals surface area contributed by atoms with Crippen molar-refractivity contribution in [3.8, 4) is 11.3 Å². The van der Waals surface area contributed by atoms with Crippen molar-refractivity contribution in [3.63, 3.8) is 0 Å². The summed E-state index contributed by atoms with van der Waals surface area (Å²) in [5.41, 5.74) is 4.04. The molecular weight excluding hydrogens is 380 g/mol. The highest BCUT2D eigenvalue weighted by Crippen LogP contribution is 2.19. The van der Waals surface area contributed by atoms with E-state index in [9.17, 15) is 9.59 Å². The minimum atomic E-state index is -0.311.